The van der Waals surface area contributed by atoms with Gasteiger partial charge in [-0.25, -0.2) is 0 Å². The first-order valence-electron chi connectivity index (χ1n) is 11.1. The van der Waals surface area contributed by atoms with Crippen LogP contribution in [0.15, 0.2) is 36.4 Å². The highest BCUT2D eigenvalue weighted by atomic mass is 16.5. The number of anilines is 1. The van der Waals surface area contributed by atoms with Gasteiger partial charge in [-0.3, -0.25) is 14.4 Å². The summed E-state index contributed by atoms with van der Waals surface area (Å²) in [4.78, 5) is 39.6. The van der Waals surface area contributed by atoms with Crippen molar-refractivity contribution in [2.75, 3.05) is 25.5 Å². The highest BCUT2D eigenvalue weighted by molar-refractivity contribution is 6.01. The normalized spacial score (nSPS) is 19.3. The van der Waals surface area contributed by atoms with Gasteiger partial charge in [0, 0.05) is 43.6 Å². The zero-order valence-corrected chi connectivity index (χ0v) is 18.1. The number of nitrogens with one attached hydrogen (secondary N) is 1. The molecule has 7 nitrogen and oxygen atoms in total. The van der Waals surface area contributed by atoms with Crippen LogP contribution in [-0.4, -0.2) is 48.3 Å². The molecule has 7 heteroatoms. The molecule has 0 atom stereocenters. The molecule has 3 aliphatic heterocycles. The number of rotatable bonds is 2. The lowest BCUT2D eigenvalue weighted by molar-refractivity contribution is -0.116. The first-order chi connectivity index (χ1) is 15.5. The van der Waals surface area contributed by atoms with Gasteiger partial charge in [0.25, 0.3) is 5.91 Å². The lowest BCUT2D eigenvalue weighted by Gasteiger charge is -2.44. The Balaban J connectivity index is 1.29. The highest BCUT2D eigenvalue weighted by Gasteiger charge is 2.43. The minimum atomic E-state index is -0.562. The zero-order chi connectivity index (χ0) is 22.3. The first-order valence-corrected chi connectivity index (χ1v) is 11.1. The number of ether oxygens (including phenoxy) is 2. The van der Waals surface area contributed by atoms with Crippen LogP contribution < -0.4 is 14.8 Å². The number of ketones is 1. The highest BCUT2D eigenvalue weighted by Crippen LogP contribution is 2.40. The van der Waals surface area contributed by atoms with Crippen molar-refractivity contribution in [2.45, 2.75) is 44.1 Å². The van der Waals surface area contributed by atoms with E-state index in [2.05, 4.69) is 5.32 Å². The van der Waals surface area contributed by atoms with E-state index in [0.29, 0.717) is 61.4 Å². The van der Waals surface area contributed by atoms with Gasteiger partial charge in [0.15, 0.2) is 5.78 Å². The first kappa shape index (κ1) is 20.5. The molecule has 3 heterocycles. The van der Waals surface area contributed by atoms with Crippen molar-refractivity contribution >= 4 is 23.3 Å². The monoisotopic (exact) mass is 434 g/mol. The van der Waals surface area contributed by atoms with Crippen molar-refractivity contribution in [1.29, 1.82) is 0 Å². The maximum absolute atomic E-state index is 13.2. The van der Waals surface area contributed by atoms with Crippen molar-refractivity contribution in [1.82, 2.24) is 4.90 Å². The molecule has 0 saturated carbocycles. The van der Waals surface area contributed by atoms with Crippen LogP contribution in [0, 0.1) is 0 Å². The number of nitrogens with zero attached hydrogens (tertiary/aromatic N) is 1. The number of carbonyl (C=O) groups is 3. The summed E-state index contributed by atoms with van der Waals surface area (Å²) in [6.07, 6.45) is 3.59. The van der Waals surface area contributed by atoms with Gasteiger partial charge >= 0.3 is 0 Å². The lowest BCUT2D eigenvalue weighted by atomic mass is 9.82. The van der Waals surface area contributed by atoms with E-state index in [0.717, 1.165) is 24.1 Å². The fourth-order valence-electron chi connectivity index (χ4n) is 4.89. The van der Waals surface area contributed by atoms with Crippen LogP contribution in [0.2, 0.25) is 0 Å². The Hall–Kier alpha value is -3.35. The number of hydrogen-bond donors (Lipinski definition) is 1. The van der Waals surface area contributed by atoms with E-state index in [9.17, 15) is 14.4 Å². The van der Waals surface area contributed by atoms with Gasteiger partial charge in [0.2, 0.25) is 5.91 Å². The summed E-state index contributed by atoms with van der Waals surface area (Å²) < 4.78 is 11.5. The third kappa shape index (κ3) is 3.72. The van der Waals surface area contributed by atoms with Gasteiger partial charge in [-0.15, -0.1) is 0 Å². The Bertz CT molecular complexity index is 1100. The van der Waals surface area contributed by atoms with Gasteiger partial charge in [0.05, 0.1) is 19.1 Å². The molecule has 5 rings (SSSR count). The molecule has 1 N–H and O–H groups in total. The summed E-state index contributed by atoms with van der Waals surface area (Å²) in [5.41, 5.74) is 2.43. The van der Waals surface area contributed by atoms with E-state index < -0.39 is 5.60 Å². The fraction of sp³-hybridized carbons (Fsp3) is 0.400. The van der Waals surface area contributed by atoms with Gasteiger partial charge in [-0.2, -0.15) is 0 Å². The summed E-state index contributed by atoms with van der Waals surface area (Å²) in [5.74, 6) is 1.28. The minimum Gasteiger partial charge on any atom is -0.497 e. The van der Waals surface area contributed by atoms with Crippen LogP contribution in [-0.2, 0) is 11.2 Å². The van der Waals surface area contributed by atoms with Crippen LogP contribution in [0.5, 0.6) is 11.5 Å². The van der Waals surface area contributed by atoms with E-state index in [1.165, 1.54) is 0 Å². The van der Waals surface area contributed by atoms with Crippen LogP contribution in [0.4, 0.5) is 5.69 Å². The van der Waals surface area contributed by atoms with Crippen molar-refractivity contribution in [3.63, 3.8) is 0 Å². The number of fused-ring (bicyclic) bond motifs is 2. The van der Waals surface area contributed by atoms with Crippen molar-refractivity contribution < 1.29 is 23.9 Å². The van der Waals surface area contributed by atoms with E-state index in [4.69, 9.17) is 9.47 Å². The van der Waals surface area contributed by atoms with Gasteiger partial charge < -0.3 is 19.7 Å². The largest absolute Gasteiger partial charge is 0.497 e. The molecule has 166 valence electrons. The average Bonchev–Trinajstić information content (AvgIpc) is 2.99. The Morgan fingerprint density at radius 1 is 1.09 bits per heavy atom. The van der Waals surface area contributed by atoms with E-state index in [-0.39, 0.29) is 17.6 Å². The van der Waals surface area contributed by atoms with Crippen molar-refractivity contribution in [2.24, 2.45) is 0 Å². The Labute approximate surface area is 186 Å². The lowest BCUT2D eigenvalue weighted by Crippen LogP contribution is -2.52. The summed E-state index contributed by atoms with van der Waals surface area (Å²) in [6, 6.07) is 10.8. The Kier molecular flexibility index (Phi) is 5.12. The van der Waals surface area contributed by atoms with Crippen molar-refractivity contribution in [3.05, 3.63) is 53.1 Å². The van der Waals surface area contributed by atoms with Gasteiger partial charge in [-0.05, 0) is 54.8 Å². The summed E-state index contributed by atoms with van der Waals surface area (Å²) in [6.45, 7) is 1.07. The van der Waals surface area contributed by atoms with Gasteiger partial charge in [-0.1, -0.05) is 0 Å². The molecule has 0 radical (unpaired) electrons. The molecule has 3 aliphatic rings. The van der Waals surface area contributed by atoms with Crippen LogP contribution in [0.25, 0.3) is 0 Å². The SMILES string of the molecule is COc1ccc2c(c1)C(=O)CC1(CCN(C(=O)c3ccc4c(c3)CCCC(=O)N4)CC1)O2. The Morgan fingerprint density at radius 3 is 2.69 bits per heavy atom. The second-order valence-corrected chi connectivity index (χ2v) is 8.81. The maximum atomic E-state index is 13.2. The molecule has 0 bridgehead atoms. The number of piperidine rings is 1. The van der Waals surface area contributed by atoms with E-state index in [1.54, 1.807) is 31.4 Å². The molecular weight excluding hydrogens is 408 g/mol. The summed E-state index contributed by atoms with van der Waals surface area (Å²) in [7, 11) is 1.57. The molecule has 2 aromatic rings. The zero-order valence-electron chi connectivity index (χ0n) is 18.1. The number of benzene rings is 2. The van der Waals surface area contributed by atoms with Gasteiger partial charge in [0.1, 0.15) is 17.1 Å². The molecule has 1 saturated heterocycles. The molecule has 2 amide bonds. The molecular formula is C25H26N2O5. The molecule has 0 aliphatic carbocycles. The summed E-state index contributed by atoms with van der Waals surface area (Å²) in [5, 5.41) is 2.91. The number of amides is 2. The Morgan fingerprint density at radius 2 is 1.91 bits per heavy atom. The molecule has 1 spiro atoms. The third-order valence-electron chi connectivity index (χ3n) is 6.73. The van der Waals surface area contributed by atoms with Crippen molar-refractivity contribution in [3.8, 4) is 11.5 Å². The van der Waals surface area contributed by atoms with E-state index >= 15 is 0 Å². The minimum absolute atomic E-state index is 0.0196. The predicted octanol–water partition coefficient (Wildman–Crippen LogP) is 3.61. The maximum Gasteiger partial charge on any atom is 0.253 e. The molecule has 2 aromatic carbocycles. The average molecular weight is 434 g/mol. The van der Waals surface area contributed by atoms with Crippen LogP contribution in [0.1, 0.15) is 58.4 Å². The molecule has 1 fully saturated rings. The number of likely N-dealkylation sites (tertiary alicyclic amines) is 1. The topological polar surface area (TPSA) is 84.9 Å². The number of methoxy groups -OCH3 is 1. The number of carbonyl (C=O) groups excluding carboxylic acids is 3. The fourth-order valence-corrected chi connectivity index (χ4v) is 4.89. The quantitative estimate of drug-likeness (QED) is 0.781. The predicted molar refractivity (Wildman–Crippen MR) is 118 cm³/mol. The van der Waals surface area contributed by atoms with Crippen LogP contribution >= 0.6 is 0 Å². The number of hydrogen-bond acceptors (Lipinski definition) is 5. The smallest absolute Gasteiger partial charge is 0.253 e. The molecule has 32 heavy (non-hydrogen) atoms. The van der Waals surface area contributed by atoms with Crippen LogP contribution in [0.3, 0.4) is 0 Å². The molecule has 0 aromatic heterocycles. The second kappa shape index (κ2) is 7.97. The second-order valence-electron chi connectivity index (χ2n) is 8.81. The van der Waals surface area contributed by atoms with E-state index in [1.807, 2.05) is 17.0 Å². The standard InChI is InChI=1S/C25H26N2O5/c1-31-18-6-8-22-19(14-18)21(28)15-25(32-22)9-11-27(12-10-25)24(30)17-5-7-20-16(13-17)3-2-4-23(29)26-20/h5-8,13-14H,2-4,9-12,15H2,1H3,(H,26,29). The number of Topliss-reactive ketones (excluding diaryl/α,β-unsaturated/α-hetero) is 1. The number of aryl methyl sites for hydroxylation is 1. The summed E-state index contributed by atoms with van der Waals surface area (Å²) >= 11 is 0. The third-order valence-corrected chi connectivity index (χ3v) is 6.73. The molecule has 0 unspecified atom stereocenters.